The van der Waals surface area contributed by atoms with Crippen molar-refractivity contribution in [2.45, 2.75) is 12.8 Å². The van der Waals surface area contributed by atoms with E-state index in [0.717, 1.165) is 0 Å². The Kier molecular flexibility index (Phi) is 4.86. The Morgan fingerprint density at radius 1 is 1.22 bits per heavy atom. The number of anilines is 1. The smallest absolute Gasteiger partial charge is 0.316 e. The molecule has 1 aromatic rings. The van der Waals surface area contributed by atoms with Crippen LogP contribution in [0.25, 0.3) is 0 Å². The molecule has 0 radical (unpaired) electrons. The Morgan fingerprint density at radius 2 is 1.83 bits per heavy atom. The van der Waals surface area contributed by atoms with Crippen LogP contribution in [-0.2, 0) is 14.4 Å². The van der Waals surface area contributed by atoms with Crippen LogP contribution < -0.4 is 11.1 Å². The van der Waals surface area contributed by atoms with Gasteiger partial charge in [0.2, 0.25) is 11.8 Å². The van der Waals surface area contributed by atoms with E-state index >= 15 is 0 Å². The number of rotatable bonds is 6. The Bertz CT molecular complexity index is 431. The summed E-state index contributed by atoms with van der Waals surface area (Å²) in [7, 11) is 0. The lowest BCUT2D eigenvalue weighted by molar-refractivity contribution is -0.146. The molecule has 0 aromatic heterocycles. The average Bonchev–Trinajstić information content (AvgIpc) is 2.29. The van der Waals surface area contributed by atoms with Crippen molar-refractivity contribution in [3.63, 3.8) is 0 Å². The Labute approximate surface area is 104 Å². The van der Waals surface area contributed by atoms with E-state index in [1.807, 2.05) is 6.07 Å². The summed E-state index contributed by atoms with van der Waals surface area (Å²) in [6, 6.07) is 8.75. The number of aliphatic carboxylic acids is 1. The van der Waals surface area contributed by atoms with Crippen LogP contribution in [0.3, 0.4) is 0 Å². The molecule has 0 saturated heterocycles. The highest BCUT2D eigenvalue weighted by Gasteiger charge is 2.24. The quantitative estimate of drug-likeness (QED) is 0.642. The first-order chi connectivity index (χ1) is 8.50. The van der Waals surface area contributed by atoms with Crippen molar-refractivity contribution >= 4 is 23.5 Å². The van der Waals surface area contributed by atoms with E-state index in [2.05, 4.69) is 5.32 Å². The molecule has 0 bridgehead atoms. The minimum Gasteiger partial charge on any atom is -0.481 e. The first kappa shape index (κ1) is 13.7. The van der Waals surface area contributed by atoms with Crippen LogP contribution in [-0.4, -0.2) is 22.9 Å². The predicted molar refractivity (Wildman–Crippen MR) is 64.6 cm³/mol. The summed E-state index contributed by atoms with van der Waals surface area (Å²) in [5, 5.41) is 11.3. The number of amides is 2. The standard InChI is InChI=1S/C12H14N2O4/c13-11(16)9(12(17)18)6-7-10(15)14-8-4-2-1-3-5-8/h1-5,9H,6-7H2,(H2,13,16)(H,14,15)(H,17,18). The first-order valence-electron chi connectivity index (χ1n) is 5.37. The SMILES string of the molecule is NC(=O)C(CCC(=O)Nc1ccccc1)C(=O)O. The van der Waals surface area contributed by atoms with Crippen LogP contribution in [0.1, 0.15) is 12.8 Å². The number of hydrogen-bond acceptors (Lipinski definition) is 3. The minimum atomic E-state index is -1.33. The van der Waals surface area contributed by atoms with Gasteiger partial charge >= 0.3 is 5.97 Å². The highest BCUT2D eigenvalue weighted by Crippen LogP contribution is 2.10. The van der Waals surface area contributed by atoms with Gasteiger partial charge in [0, 0.05) is 12.1 Å². The molecule has 0 spiro atoms. The van der Waals surface area contributed by atoms with Crippen molar-refractivity contribution < 1.29 is 19.5 Å². The fourth-order valence-corrected chi connectivity index (χ4v) is 1.41. The summed E-state index contributed by atoms with van der Waals surface area (Å²) in [6.07, 6.45) is -0.182. The second-order valence-corrected chi connectivity index (χ2v) is 3.75. The van der Waals surface area contributed by atoms with E-state index in [1.54, 1.807) is 24.3 Å². The third-order valence-electron chi connectivity index (χ3n) is 2.36. The summed E-state index contributed by atoms with van der Waals surface area (Å²) in [6.45, 7) is 0. The summed E-state index contributed by atoms with van der Waals surface area (Å²) in [5.41, 5.74) is 5.54. The number of carbonyl (C=O) groups is 3. The molecule has 0 aliphatic rings. The maximum absolute atomic E-state index is 11.5. The van der Waals surface area contributed by atoms with Crippen molar-refractivity contribution in [2.24, 2.45) is 11.7 Å². The number of primary amides is 1. The normalized spacial score (nSPS) is 11.6. The lowest BCUT2D eigenvalue weighted by atomic mass is 10.0. The van der Waals surface area contributed by atoms with Crippen LogP contribution in [0.15, 0.2) is 30.3 Å². The molecule has 6 heteroatoms. The molecule has 0 fully saturated rings. The lowest BCUT2D eigenvalue weighted by Crippen LogP contribution is -2.31. The van der Waals surface area contributed by atoms with E-state index < -0.39 is 17.8 Å². The fraction of sp³-hybridized carbons (Fsp3) is 0.250. The zero-order chi connectivity index (χ0) is 13.5. The highest BCUT2D eigenvalue weighted by atomic mass is 16.4. The largest absolute Gasteiger partial charge is 0.481 e. The summed E-state index contributed by atoms with van der Waals surface area (Å²) >= 11 is 0. The van der Waals surface area contributed by atoms with Gasteiger partial charge in [-0.05, 0) is 18.6 Å². The Morgan fingerprint density at radius 3 is 2.33 bits per heavy atom. The molecule has 2 amide bonds. The molecule has 96 valence electrons. The average molecular weight is 250 g/mol. The molecule has 1 rings (SSSR count). The molecule has 0 aliphatic heterocycles. The van der Waals surface area contributed by atoms with Gasteiger partial charge in [0.25, 0.3) is 0 Å². The van der Waals surface area contributed by atoms with Crippen molar-refractivity contribution in [1.29, 1.82) is 0 Å². The first-order valence-corrected chi connectivity index (χ1v) is 5.37. The number of para-hydroxylation sites is 1. The second-order valence-electron chi connectivity index (χ2n) is 3.75. The molecule has 0 heterocycles. The van der Waals surface area contributed by atoms with Crippen LogP contribution in [0.2, 0.25) is 0 Å². The van der Waals surface area contributed by atoms with Crippen molar-refractivity contribution in [3.05, 3.63) is 30.3 Å². The topological polar surface area (TPSA) is 109 Å². The van der Waals surface area contributed by atoms with Gasteiger partial charge in [0.1, 0.15) is 5.92 Å². The monoisotopic (exact) mass is 250 g/mol. The van der Waals surface area contributed by atoms with Gasteiger partial charge in [0.15, 0.2) is 0 Å². The van der Waals surface area contributed by atoms with Crippen LogP contribution >= 0.6 is 0 Å². The van der Waals surface area contributed by atoms with E-state index in [0.29, 0.717) is 5.69 Å². The molecule has 1 unspecified atom stereocenters. The van der Waals surface area contributed by atoms with Crippen LogP contribution in [0, 0.1) is 5.92 Å². The van der Waals surface area contributed by atoms with E-state index in [9.17, 15) is 14.4 Å². The van der Waals surface area contributed by atoms with Crippen molar-refractivity contribution in [1.82, 2.24) is 0 Å². The minimum absolute atomic E-state index is 0.0746. The van der Waals surface area contributed by atoms with E-state index in [-0.39, 0.29) is 18.7 Å². The third-order valence-corrected chi connectivity index (χ3v) is 2.36. The molecule has 18 heavy (non-hydrogen) atoms. The fourth-order valence-electron chi connectivity index (χ4n) is 1.41. The van der Waals surface area contributed by atoms with Gasteiger partial charge in [-0.25, -0.2) is 0 Å². The number of nitrogens with two attached hydrogens (primary N) is 1. The number of hydrogen-bond donors (Lipinski definition) is 3. The molecule has 1 atom stereocenters. The second kappa shape index (κ2) is 6.39. The van der Waals surface area contributed by atoms with Crippen LogP contribution in [0.4, 0.5) is 5.69 Å². The zero-order valence-electron chi connectivity index (χ0n) is 9.63. The molecule has 4 N–H and O–H groups in total. The summed E-state index contributed by atoms with van der Waals surface area (Å²) in [5.74, 6) is -3.93. The van der Waals surface area contributed by atoms with Crippen molar-refractivity contribution in [2.75, 3.05) is 5.32 Å². The Balaban J connectivity index is 2.46. The van der Waals surface area contributed by atoms with Gasteiger partial charge in [-0.1, -0.05) is 18.2 Å². The lowest BCUT2D eigenvalue weighted by Gasteiger charge is -2.08. The maximum atomic E-state index is 11.5. The number of carboxylic acids is 1. The molecular formula is C12H14N2O4. The van der Waals surface area contributed by atoms with Gasteiger partial charge in [-0.15, -0.1) is 0 Å². The Hall–Kier alpha value is -2.37. The number of carboxylic acid groups (broad SMARTS) is 1. The van der Waals surface area contributed by atoms with Gasteiger partial charge in [0.05, 0.1) is 0 Å². The molecule has 6 nitrogen and oxygen atoms in total. The van der Waals surface area contributed by atoms with Gasteiger partial charge < -0.3 is 16.2 Å². The number of benzene rings is 1. The molecular weight excluding hydrogens is 236 g/mol. The predicted octanol–water partition coefficient (Wildman–Crippen LogP) is 0.591. The number of carbonyl (C=O) groups excluding carboxylic acids is 2. The van der Waals surface area contributed by atoms with Gasteiger partial charge in [-0.3, -0.25) is 14.4 Å². The zero-order valence-corrected chi connectivity index (χ0v) is 9.63. The molecule has 1 aromatic carbocycles. The van der Waals surface area contributed by atoms with Crippen LogP contribution in [0.5, 0.6) is 0 Å². The van der Waals surface area contributed by atoms with Gasteiger partial charge in [-0.2, -0.15) is 0 Å². The van der Waals surface area contributed by atoms with E-state index in [4.69, 9.17) is 10.8 Å². The molecule has 0 saturated carbocycles. The van der Waals surface area contributed by atoms with E-state index in [1.165, 1.54) is 0 Å². The highest BCUT2D eigenvalue weighted by molar-refractivity contribution is 5.97. The summed E-state index contributed by atoms with van der Waals surface area (Å²) in [4.78, 5) is 33.0. The summed E-state index contributed by atoms with van der Waals surface area (Å²) < 4.78 is 0. The molecule has 0 aliphatic carbocycles. The maximum Gasteiger partial charge on any atom is 0.316 e. The number of nitrogens with one attached hydrogen (secondary N) is 1. The third kappa shape index (κ3) is 4.25. The van der Waals surface area contributed by atoms with Crippen molar-refractivity contribution in [3.8, 4) is 0 Å².